The summed E-state index contributed by atoms with van der Waals surface area (Å²) in [4.78, 5) is 20.7. The van der Waals surface area contributed by atoms with Gasteiger partial charge in [0, 0.05) is 26.2 Å². The fourth-order valence-electron chi connectivity index (χ4n) is 2.12. The molecule has 0 aromatic carbocycles. The number of carbonyl (C=O) groups excluding carboxylic acids is 1. The molecule has 0 spiro atoms. The van der Waals surface area contributed by atoms with Crippen molar-refractivity contribution in [2.45, 2.75) is 6.92 Å². The van der Waals surface area contributed by atoms with E-state index in [-0.39, 0.29) is 5.97 Å². The van der Waals surface area contributed by atoms with Gasteiger partial charge in [-0.3, -0.25) is 0 Å². The number of carbonyl (C=O) groups is 1. The maximum absolute atomic E-state index is 11.6. The maximum Gasteiger partial charge on any atom is 0.339 e. The van der Waals surface area contributed by atoms with Crippen LogP contribution in [0, 0.1) is 6.92 Å². The molecule has 5 nitrogen and oxygen atoms in total. The number of nitrogens with zero attached hydrogens (tertiary/aromatic N) is 3. The predicted octanol–water partition coefficient (Wildman–Crippen LogP) is 1.69. The van der Waals surface area contributed by atoms with Crippen LogP contribution in [-0.4, -0.2) is 56.2 Å². The number of hydrogen-bond acceptors (Lipinski definition) is 5. The van der Waals surface area contributed by atoms with Crippen molar-refractivity contribution in [3.8, 4) is 0 Å². The van der Waals surface area contributed by atoms with E-state index in [1.165, 1.54) is 7.11 Å². The molecule has 0 bridgehead atoms. The number of rotatable bonds is 2. The number of pyridine rings is 1. The molecular formula is C13H18BrN3O2. The van der Waals surface area contributed by atoms with E-state index < -0.39 is 0 Å². The molecule has 0 aliphatic carbocycles. The number of ether oxygens (including phenoxy) is 1. The number of halogens is 1. The molecule has 6 heteroatoms. The zero-order chi connectivity index (χ0) is 14.0. The van der Waals surface area contributed by atoms with Gasteiger partial charge in [-0.1, -0.05) is 0 Å². The monoisotopic (exact) mass is 327 g/mol. The van der Waals surface area contributed by atoms with Crippen molar-refractivity contribution in [1.82, 2.24) is 9.88 Å². The SMILES string of the molecule is COC(=O)c1cc(Br)c(N2CCN(C)CC2)nc1C. The lowest BCUT2D eigenvalue weighted by atomic mass is 10.2. The normalized spacial score (nSPS) is 16.5. The topological polar surface area (TPSA) is 45.7 Å². The van der Waals surface area contributed by atoms with Crippen molar-refractivity contribution in [3.05, 3.63) is 21.8 Å². The Hall–Kier alpha value is -1.14. The lowest BCUT2D eigenvalue weighted by Gasteiger charge is -2.34. The molecule has 104 valence electrons. The minimum atomic E-state index is -0.351. The largest absolute Gasteiger partial charge is 0.465 e. The van der Waals surface area contributed by atoms with Crippen molar-refractivity contribution < 1.29 is 9.53 Å². The van der Waals surface area contributed by atoms with E-state index >= 15 is 0 Å². The van der Waals surface area contributed by atoms with Crippen molar-refractivity contribution in [2.75, 3.05) is 45.2 Å². The summed E-state index contributed by atoms with van der Waals surface area (Å²) in [5, 5.41) is 0. The molecule has 0 radical (unpaired) electrons. The Bertz CT molecular complexity index is 485. The first kappa shape index (κ1) is 14.3. The van der Waals surface area contributed by atoms with Crippen molar-refractivity contribution in [3.63, 3.8) is 0 Å². The Kier molecular flexibility index (Phi) is 4.42. The minimum Gasteiger partial charge on any atom is -0.465 e. The molecule has 19 heavy (non-hydrogen) atoms. The van der Waals surface area contributed by atoms with Crippen LogP contribution in [0.15, 0.2) is 10.5 Å². The number of aromatic nitrogens is 1. The van der Waals surface area contributed by atoms with Crippen molar-refractivity contribution in [1.29, 1.82) is 0 Å². The van der Waals surface area contributed by atoms with Crippen LogP contribution < -0.4 is 4.90 Å². The van der Waals surface area contributed by atoms with E-state index in [2.05, 4.69) is 37.8 Å². The number of aryl methyl sites for hydroxylation is 1. The van der Waals surface area contributed by atoms with Crippen LogP contribution in [0.3, 0.4) is 0 Å². The lowest BCUT2D eigenvalue weighted by Crippen LogP contribution is -2.45. The van der Waals surface area contributed by atoms with Crippen LogP contribution >= 0.6 is 15.9 Å². The minimum absolute atomic E-state index is 0.351. The fraction of sp³-hybridized carbons (Fsp3) is 0.538. The third-order valence-electron chi connectivity index (χ3n) is 3.36. The molecule has 0 N–H and O–H groups in total. The Morgan fingerprint density at radius 2 is 2.00 bits per heavy atom. The molecule has 0 atom stereocenters. The van der Waals surface area contributed by atoms with Gasteiger partial charge >= 0.3 is 5.97 Å². The van der Waals surface area contributed by atoms with E-state index in [0.29, 0.717) is 11.3 Å². The van der Waals surface area contributed by atoms with Gasteiger partial charge in [0.1, 0.15) is 5.82 Å². The first-order valence-electron chi connectivity index (χ1n) is 6.22. The van der Waals surface area contributed by atoms with Crippen LogP contribution in [0.25, 0.3) is 0 Å². The molecule has 1 aliphatic rings. The van der Waals surface area contributed by atoms with E-state index in [0.717, 1.165) is 36.5 Å². The van der Waals surface area contributed by atoms with Gasteiger partial charge in [-0.25, -0.2) is 9.78 Å². The van der Waals surface area contributed by atoms with Crippen LogP contribution in [0.4, 0.5) is 5.82 Å². The van der Waals surface area contributed by atoms with Gasteiger partial charge in [-0.05, 0) is 36.0 Å². The Morgan fingerprint density at radius 1 is 1.37 bits per heavy atom. The highest BCUT2D eigenvalue weighted by Crippen LogP contribution is 2.27. The number of likely N-dealkylation sites (N-methyl/N-ethyl adjacent to an activating group) is 1. The molecule has 0 saturated carbocycles. The molecule has 1 aromatic heterocycles. The van der Waals surface area contributed by atoms with Crippen LogP contribution in [-0.2, 0) is 4.74 Å². The second-order valence-corrected chi connectivity index (χ2v) is 5.56. The Balaban J connectivity index is 2.28. The molecule has 1 fully saturated rings. The summed E-state index contributed by atoms with van der Waals surface area (Å²) in [6.45, 7) is 5.76. The van der Waals surface area contributed by atoms with Gasteiger partial charge in [-0.15, -0.1) is 0 Å². The van der Waals surface area contributed by atoms with Crippen molar-refractivity contribution in [2.24, 2.45) is 0 Å². The van der Waals surface area contributed by atoms with Gasteiger partial charge in [0.2, 0.25) is 0 Å². The summed E-state index contributed by atoms with van der Waals surface area (Å²) in [5.41, 5.74) is 1.20. The van der Waals surface area contributed by atoms with Gasteiger partial charge in [0.05, 0.1) is 22.8 Å². The highest BCUT2D eigenvalue weighted by Gasteiger charge is 2.20. The van der Waals surface area contributed by atoms with E-state index in [4.69, 9.17) is 4.74 Å². The summed E-state index contributed by atoms with van der Waals surface area (Å²) in [6.07, 6.45) is 0. The van der Waals surface area contributed by atoms with Crippen LogP contribution in [0.5, 0.6) is 0 Å². The van der Waals surface area contributed by atoms with Crippen molar-refractivity contribution >= 4 is 27.7 Å². The predicted molar refractivity (Wildman–Crippen MR) is 77.7 cm³/mol. The van der Waals surface area contributed by atoms with Crippen LogP contribution in [0.1, 0.15) is 16.1 Å². The van der Waals surface area contributed by atoms with Gasteiger partial charge in [0.25, 0.3) is 0 Å². The maximum atomic E-state index is 11.6. The highest BCUT2D eigenvalue weighted by molar-refractivity contribution is 9.10. The van der Waals surface area contributed by atoms with E-state index in [1.54, 1.807) is 6.07 Å². The third-order valence-corrected chi connectivity index (χ3v) is 3.94. The summed E-state index contributed by atoms with van der Waals surface area (Å²) in [7, 11) is 3.50. The molecule has 0 amide bonds. The molecular weight excluding hydrogens is 310 g/mol. The second kappa shape index (κ2) is 5.88. The van der Waals surface area contributed by atoms with Gasteiger partial charge in [-0.2, -0.15) is 0 Å². The number of anilines is 1. The number of methoxy groups -OCH3 is 1. The average molecular weight is 328 g/mol. The zero-order valence-corrected chi connectivity index (χ0v) is 13.0. The van der Waals surface area contributed by atoms with E-state index in [1.807, 2.05) is 6.92 Å². The second-order valence-electron chi connectivity index (χ2n) is 4.71. The zero-order valence-electron chi connectivity index (χ0n) is 11.4. The molecule has 2 rings (SSSR count). The molecule has 1 saturated heterocycles. The standard InChI is InChI=1S/C13H18BrN3O2/c1-9-10(13(18)19-3)8-11(14)12(15-9)17-6-4-16(2)5-7-17/h8H,4-7H2,1-3H3. The molecule has 1 aromatic rings. The van der Waals surface area contributed by atoms with Crippen LogP contribution in [0.2, 0.25) is 0 Å². The summed E-state index contributed by atoms with van der Waals surface area (Å²) in [5.74, 6) is 0.550. The van der Waals surface area contributed by atoms with Gasteiger partial charge < -0.3 is 14.5 Å². The average Bonchev–Trinajstić information content (AvgIpc) is 2.41. The highest BCUT2D eigenvalue weighted by atomic mass is 79.9. The number of esters is 1. The third kappa shape index (κ3) is 3.06. The summed E-state index contributed by atoms with van der Waals surface area (Å²) in [6, 6.07) is 1.79. The Labute approximate surface area is 121 Å². The molecule has 1 aliphatic heterocycles. The number of piperazine rings is 1. The fourth-order valence-corrected chi connectivity index (χ4v) is 2.69. The quantitative estimate of drug-likeness (QED) is 0.773. The smallest absolute Gasteiger partial charge is 0.339 e. The van der Waals surface area contributed by atoms with E-state index in [9.17, 15) is 4.79 Å². The van der Waals surface area contributed by atoms with Gasteiger partial charge in [0.15, 0.2) is 0 Å². The summed E-state index contributed by atoms with van der Waals surface area (Å²) >= 11 is 3.50. The number of hydrogen-bond donors (Lipinski definition) is 0. The first-order valence-corrected chi connectivity index (χ1v) is 7.01. The summed E-state index contributed by atoms with van der Waals surface area (Å²) < 4.78 is 5.59. The lowest BCUT2D eigenvalue weighted by molar-refractivity contribution is 0.0599. The first-order chi connectivity index (χ1) is 9.02. The molecule has 0 unspecified atom stereocenters. The molecule has 2 heterocycles. The Morgan fingerprint density at radius 3 is 2.58 bits per heavy atom.